The second kappa shape index (κ2) is 18.5. The van der Waals surface area contributed by atoms with Gasteiger partial charge in [0, 0.05) is 25.6 Å². The van der Waals surface area contributed by atoms with Gasteiger partial charge in [0.1, 0.15) is 11.8 Å². The first kappa shape index (κ1) is 36.0. The van der Waals surface area contributed by atoms with Crippen molar-refractivity contribution in [3.05, 3.63) is 90.5 Å². The Morgan fingerprint density at radius 3 is 2.40 bits per heavy atom. The SMILES string of the molecule is C=CCO[C@@H]1C[C@H](NC[C@@H](O)[C@H](Cc2ccccc2)NC(=O)C(CC=C)N(C)C(=O)C(CCC)CCC)c2cc(OC)ccc21. The highest BCUT2D eigenvalue weighted by atomic mass is 16.5. The van der Waals surface area contributed by atoms with Crippen molar-refractivity contribution in [2.75, 3.05) is 27.3 Å². The molecule has 1 aliphatic carbocycles. The summed E-state index contributed by atoms with van der Waals surface area (Å²) in [5.41, 5.74) is 3.15. The summed E-state index contributed by atoms with van der Waals surface area (Å²) in [4.78, 5) is 28.9. The predicted octanol–water partition coefficient (Wildman–Crippen LogP) is 5.68. The van der Waals surface area contributed by atoms with Gasteiger partial charge in [-0.2, -0.15) is 0 Å². The number of aliphatic hydroxyl groups is 1. The van der Waals surface area contributed by atoms with Crippen LogP contribution in [0.4, 0.5) is 0 Å². The molecule has 3 N–H and O–H groups in total. The van der Waals surface area contributed by atoms with E-state index in [-0.39, 0.29) is 36.4 Å². The molecule has 2 amide bonds. The van der Waals surface area contributed by atoms with E-state index in [1.807, 2.05) is 48.5 Å². The maximum atomic E-state index is 13.8. The van der Waals surface area contributed by atoms with Crippen LogP contribution in [0.1, 0.15) is 81.2 Å². The third kappa shape index (κ3) is 10.0. The molecule has 1 aliphatic rings. The number of likely N-dealkylation sites (N-methyl/N-ethyl adjacent to an activating group) is 1. The van der Waals surface area contributed by atoms with Crippen LogP contribution in [0.15, 0.2) is 73.8 Å². The van der Waals surface area contributed by atoms with E-state index in [2.05, 4.69) is 37.6 Å². The fourth-order valence-corrected chi connectivity index (χ4v) is 6.24. The molecule has 3 rings (SSSR count). The molecule has 2 aromatic carbocycles. The average molecular weight is 620 g/mol. The van der Waals surface area contributed by atoms with Crippen LogP contribution in [0.5, 0.6) is 5.75 Å². The van der Waals surface area contributed by atoms with Crippen LogP contribution in [0.3, 0.4) is 0 Å². The standard InChI is InChI=1S/C37H53N3O5/c1-7-14-27(15-8-2)37(43)40(5)33(16-9-3)36(42)39-32(22-26-17-12-11-13-18-26)34(41)25-38-31-24-35(45-21-10-4)29-20-19-28(44-6)23-30(29)31/h9-13,17-20,23,27,31-35,38,41H,3-4,7-8,14-16,21-22,24-25H2,1-2,5-6H3,(H,39,42)/t31-,32-,33?,34+,35+/m0/s1. The zero-order valence-electron chi connectivity index (χ0n) is 27.5. The van der Waals surface area contributed by atoms with Gasteiger partial charge in [0.2, 0.25) is 11.8 Å². The summed E-state index contributed by atoms with van der Waals surface area (Å²) in [7, 11) is 3.35. The van der Waals surface area contributed by atoms with Gasteiger partial charge in [-0.25, -0.2) is 0 Å². The van der Waals surface area contributed by atoms with Crippen LogP contribution in [0.2, 0.25) is 0 Å². The minimum atomic E-state index is -0.908. The third-order valence-electron chi connectivity index (χ3n) is 8.68. The minimum absolute atomic E-state index is 0.0221. The molecule has 0 heterocycles. The summed E-state index contributed by atoms with van der Waals surface area (Å²) in [6, 6.07) is 14.4. The molecule has 2 aromatic rings. The fourth-order valence-electron chi connectivity index (χ4n) is 6.24. The maximum Gasteiger partial charge on any atom is 0.243 e. The first-order valence-electron chi connectivity index (χ1n) is 16.3. The molecule has 0 spiro atoms. The Kier molecular flexibility index (Phi) is 14.8. The largest absolute Gasteiger partial charge is 0.497 e. The lowest BCUT2D eigenvalue weighted by atomic mass is 9.95. The van der Waals surface area contributed by atoms with Gasteiger partial charge >= 0.3 is 0 Å². The molecule has 0 bridgehead atoms. The summed E-state index contributed by atoms with van der Waals surface area (Å²) >= 11 is 0. The number of rotatable bonds is 20. The van der Waals surface area contributed by atoms with Gasteiger partial charge in [-0.05, 0) is 60.9 Å². The number of nitrogens with one attached hydrogen (secondary N) is 2. The van der Waals surface area contributed by atoms with Crippen molar-refractivity contribution in [3.63, 3.8) is 0 Å². The smallest absolute Gasteiger partial charge is 0.243 e. The highest BCUT2D eigenvalue weighted by molar-refractivity contribution is 5.88. The van der Waals surface area contributed by atoms with Gasteiger partial charge in [-0.1, -0.05) is 75.2 Å². The van der Waals surface area contributed by atoms with Crippen molar-refractivity contribution >= 4 is 11.8 Å². The van der Waals surface area contributed by atoms with Gasteiger partial charge < -0.3 is 30.1 Å². The number of fused-ring (bicyclic) bond motifs is 1. The molecule has 0 saturated carbocycles. The predicted molar refractivity (Wildman–Crippen MR) is 180 cm³/mol. The van der Waals surface area contributed by atoms with Crippen LogP contribution in [-0.4, -0.2) is 67.3 Å². The quantitative estimate of drug-likeness (QED) is 0.165. The van der Waals surface area contributed by atoms with Crippen LogP contribution in [0.25, 0.3) is 0 Å². The van der Waals surface area contributed by atoms with Crippen molar-refractivity contribution < 1.29 is 24.2 Å². The normalized spacial score (nSPS) is 17.6. The molecular formula is C37H53N3O5. The van der Waals surface area contributed by atoms with Crippen molar-refractivity contribution in [1.29, 1.82) is 0 Å². The van der Waals surface area contributed by atoms with E-state index in [1.165, 1.54) is 0 Å². The Morgan fingerprint density at radius 2 is 1.78 bits per heavy atom. The second-order valence-corrected chi connectivity index (χ2v) is 11.9. The summed E-state index contributed by atoms with van der Waals surface area (Å²) in [5, 5.41) is 18.2. The van der Waals surface area contributed by atoms with Gasteiger partial charge in [0.15, 0.2) is 0 Å². The number of carbonyl (C=O) groups excluding carboxylic acids is 2. The number of aliphatic hydroxyl groups excluding tert-OH is 1. The zero-order valence-corrected chi connectivity index (χ0v) is 27.5. The van der Waals surface area contributed by atoms with E-state index in [1.54, 1.807) is 31.2 Å². The van der Waals surface area contributed by atoms with Crippen molar-refractivity contribution in [2.24, 2.45) is 5.92 Å². The molecule has 8 heteroatoms. The van der Waals surface area contributed by atoms with Crippen molar-refractivity contribution in [1.82, 2.24) is 15.5 Å². The highest BCUT2D eigenvalue weighted by Crippen LogP contribution is 2.42. The molecule has 1 unspecified atom stereocenters. The monoisotopic (exact) mass is 619 g/mol. The maximum absolute atomic E-state index is 13.8. The van der Waals surface area contributed by atoms with Gasteiger partial charge in [-0.3, -0.25) is 9.59 Å². The first-order chi connectivity index (χ1) is 21.8. The van der Waals surface area contributed by atoms with E-state index in [0.717, 1.165) is 48.1 Å². The topological polar surface area (TPSA) is 100 Å². The number of hydrogen-bond donors (Lipinski definition) is 3. The molecule has 0 radical (unpaired) electrons. The molecule has 246 valence electrons. The summed E-state index contributed by atoms with van der Waals surface area (Å²) in [5.74, 6) is 0.316. The Labute approximate surface area is 269 Å². The Hall–Kier alpha value is -3.46. The van der Waals surface area contributed by atoms with E-state index >= 15 is 0 Å². The van der Waals surface area contributed by atoms with Gasteiger partial charge in [0.05, 0.1) is 32.0 Å². The lowest BCUT2D eigenvalue weighted by molar-refractivity contribution is -0.142. The molecule has 0 fully saturated rings. The number of hydrogen-bond acceptors (Lipinski definition) is 6. The van der Waals surface area contributed by atoms with E-state index in [4.69, 9.17) is 9.47 Å². The summed E-state index contributed by atoms with van der Waals surface area (Å²) < 4.78 is 11.5. The molecule has 45 heavy (non-hydrogen) atoms. The second-order valence-electron chi connectivity index (χ2n) is 11.9. The lowest BCUT2D eigenvalue weighted by Gasteiger charge is -2.33. The molecule has 0 aromatic heterocycles. The van der Waals surface area contributed by atoms with Crippen LogP contribution >= 0.6 is 0 Å². The number of amides is 2. The van der Waals surface area contributed by atoms with E-state index < -0.39 is 18.2 Å². The van der Waals surface area contributed by atoms with Crippen LogP contribution < -0.4 is 15.4 Å². The summed E-state index contributed by atoms with van der Waals surface area (Å²) in [6.07, 6.45) is 7.23. The third-order valence-corrected chi connectivity index (χ3v) is 8.68. The Balaban J connectivity index is 1.79. The Morgan fingerprint density at radius 1 is 1.07 bits per heavy atom. The average Bonchev–Trinajstić information content (AvgIpc) is 3.40. The number of carbonyl (C=O) groups is 2. The summed E-state index contributed by atoms with van der Waals surface area (Å²) in [6.45, 7) is 12.5. The van der Waals surface area contributed by atoms with Crippen molar-refractivity contribution in [2.45, 2.75) is 89.1 Å². The van der Waals surface area contributed by atoms with E-state index in [0.29, 0.717) is 25.9 Å². The van der Waals surface area contributed by atoms with Crippen LogP contribution in [-0.2, 0) is 20.7 Å². The Bertz CT molecular complexity index is 1230. The van der Waals surface area contributed by atoms with Gasteiger partial charge in [0.25, 0.3) is 0 Å². The van der Waals surface area contributed by atoms with E-state index in [9.17, 15) is 14.7 Å². The highest BCUT2D eigenvalue weighted by Gasteiger charge is 2.35. The fraction of sp³-hybridized carbons (Fsp3) is 0.514. The molecule has 0 saturated heterocycles. The van der Waals surface area contributed by atoms with Crippen molar-refractivity contribution in [3.8, 4) is 5.75 Å². The first-order valence-corrected chi connectivity index (χ1v) is 16.3. The molecular weight excluding hydrogens is 566 g/mol. The molecule has 8 nitrogen and oxygen atoms in total. The number of ether oxygens (including phenoxy) is 2. The van der Waals surface area contributed by atoms with Gasteiger partial charge in [-0.15, -0.1) is 13.2 Å². The number of nitrogens with zero attached hydrogens (tertiary/aromatic N) is 1. The molecule has 0 aliphatic heterocycles. The molecule has 5 atom stereocenters. The number of benzene rings is 2. The zero-order chi connectivity index (χ0) is 32.8. The van der Waals surface area contributed by atoms with Crippen LogP contribution in [0, 0.1) is 5.92 Å². The number of methoxy groups -OCH3 is 1. The lowest BCUT2D eigenvalue weighted by Crippen LogP contribution is -2.55. The minimum Gasteiger partial charge on any atom is -0.497 e.